The number of aryl methyl sites for hydroxylation is 1. The molecule has 206 valence electrons. The largest absolute Gasteiger partial charge is 0.343 e. The van der Waals surface area contributed by atoms with Crippen molar-refractivity contribution >= 4 is 22.7 Å². The molecule has 2 aliphatic rings. The Hall–Kier alpha value is -4.07. The summed E-state index contributed by atoms with van der Waals surface area (Å²) in [5, 5.41) is 8.36. The van der Waals surface area contributed by atoms with E-state index in [9.17, 15) is 14.0 Å². The van der Waals surface area contributed by atoms with Gasteiger partial charge in [0.2, 0.25) is 11.8 Å². The molecule has 1 saturated heterocycles. The van der Waals surface area contributed by atoms with Crippen LogP contribution >= 0.6 is 0 Å². The van der Waals surface area contributed by atoms with Gasteiger partial charge in [-0.2, -0.15) is 5.10 Å². The molecule has 6 rings (SSSR count). The quantitative estimate of drug-likeness (QED) is 0.351. The fourth-order valence-electron chi connectivity index (χ4n) is 5.87. The lowest BCUT2D eigenvalue weighted by atomic mass is 9.92. The third kappa shape index (κ3) is 4.87. The van der Waals surface area contributed by atoms with E-state index in [2.05, 4.69) is 10.4 Å². The maximum atomic E-state index is 15.2. The molecule has 4 aromatic rings. The number of alkyl halides is 1. The van der Waals surface area contributed by atoms with Crippen molar-refractivity contribution < 1.29 is 18.4 Å². The molecule has 8 heteroatoms. The molecular weight excluding hydrogens is 510 g/mol. The first-order chi connectivity index (χ1) is 19.2. The number of fused-ring (bicyclic) bond motifs is 1. The molecule has 6 nitrogen and oxygen atoms in total. The van der Waals surface area contributed by atoms with Gasteiger partial charge in [-0.1, -0.05) is 67.6 Å². The summed E-state index contributed by atoms with van der Waals surface area (Å²) in [6, 6.07) is 20.4. The Morgan fingerprint density at radius 3 is 2.50 bits per heavy atom. The number of hydrogen-bond donors (Lipinski definition) is 1. The van der Waals surface area contributed by atoms with Gasteiger partial charge >= 0.3 is 0 Å². The summed E-state index contributed by atoms with van der Waals surface area (Å²) < 4.78 is 31.6. The number of carbonyl (C=O) groups is 2. The lowest BCUT2D eigenvalue weighted by molar-refractivity contribution is -0.138. The number of para-hydroxylation sites is 1. The van der Waals surface area contributed by atoms with E-state index < -0.39 is 24.2 Å². The second-order valence-electron chi connectivity index (χ2n) is 11.3. The highest BCUT2D eigenvalue weighted by molar-refractivity contribution is 5.92. The van der Waals surface area contributed by atoms with Crippen LogP contribution in [0.3, 0.4) is 0 Å². The molecular formula is C32H32F2N4O2. The zero-order valence-electron chi connectivity index (χ0n) is 22.6. The van der Waals surface area contributed by atoms with E-state index in [0.29, 0.717) is 16.8 Å². The van der Waals surface area contributed by atoms with Crippen molar-refractivity contribution in [2.75, 3.05) is 6.54 Å². The van der Waals surface area contributed by atoms with E-state index in [1.807, 2.05) is 74.6 Å². The van der Waals surface area contributed by atoms with E-state index in [1.165, 1.54) is 11.0 Å². The molecule has 0 unspecified atom stereocenters. The normalized spacial score (nSPS) is 20.4. The van der Waals surface area contributed by atoms with E-state index >= 15 is 4.39 Å². The van der Waals surface area contributed by atoms with Gasteiger partial charge in [-0.3, -0.25) is 14.3 Å². The van der Waals surface area contributed by atoms with Crippen molar-refractivity contribution in [1.29, 1.82) is 0 Å². The summed E-state index contributed by atoms with van der Waals surface area (Å²) >= 11 is 0. The van der Waals surface area contributed by atoms with Crippen molar-refractivity contribution in [3.05, 3.63) is 101 Å². The maximum Gasteiger partial charge on any atom is 0.243 e. The molecule has 0 bridgehead atoms. The molecule has 3 atom stereocenters. The Morgan fingerprint density at radius 1 is 1.05 bits per heavy atom. The number of carbonyl (C=O) groups excluding carboxylic acids is 2. The average molecular weight is 543 g/mol. The van der Waals surface area contributed by atoms with Gasteiger partial charge in [0.25, 0.3) is 0 Å². The van der Waals surface area contributed by atoms with Crippen molar-refractivity contribution in [2.24, 2.45) is 7.05 Å². The second kappa shape index (κ2) is 10.2. The fourth-order valence-corrected chi connectivity index (χ4v) is 5.87. The average Bonchev–Trinajstić information content (AvgIpc) is 3.45. The number of nitrogens with one attached hydrogen (secondary N) is 1. The Labute approximate surface area is 232 Å². The van der Waals surface area contributed by atoms with Crippen LogP contribution in [0.25, 0.3) is 10.9 Å². The van der Waals surface area contributed by atoms with Gasteiger partial charge in [-0.15, -0.1) is 0 Å². The van der Waals surface area contributed by atoms with Crippen molar-refractivity contribution in [2.45, 2.75) is 56.3 Å². The molecule has 40 heavy (non-hydrogen) atoms. The minimum Gasteiger partial charge on any atom is -0.343 e. The molecule has 2 heterocycles. The Morgan fingerprint density at radius 2 is 1.77 bits per heavy atom. The molecule has 2 fully saturated rings. The van der Waals surface area contributed by atoms with Gasteiger partial charge in [-0.25, -0.2) is 8.78 Å². The van der Waals surface area contributed by atoms with Crippen molar-refractivity contribution in [1.82, 2.24) is 20.0 Å². The Kier molecular flexibility index (Phi) is 6.64. The highest BCUT2D eigenvalue weighted by Crippen LogP contribution is 2.48. The third-order valence-corrected chi connectivity index (χ3v) is 8.42. The first kappa shape index (κ1) is 26.2. The van der Waals surface area contributed by atoms with Gasteiger partial charge in [-0.05, 0) is 47.1 Å². The predicted octanol–water partition coefficient (Wildman–Crippen LogP) is 5.15. The van der Waals surface area contributed by atoms with Crippen LogP contribution in [0.5, 0.6) is 0 Å². The molecule has 0 spiro atoms. The molecule has 3 aromatic carbocycles. The number of rotatable bonds is 7. The molecule has 0 radical (unpaired) electrons. The van der Waals surface area contributed by atoms with Crippen LogP contribution in [0.2, 0.25) is 0 Å². The number of amides is 2. The molecule has 1 aliphatic carbocycles. The Bertz CT molecular complexity index is 1580. The van der Waals surface area contributed by atoms with Crippen LogP contribution < -0.4 is 5.32 Å². The third-order valence-electron chi connectivity index (χ3n) is 8.42. The van der Waals surface area contributed by atoms with Gasteiger partial charge in [0.05, 0.1) is 30.2 Å². The highest BCUT2D eigenvalue weighted by atomic mass is 19.1. The monoisotopic (exact) mass is 542 g/mol. The summed E-state index contributed by atoms with van der Waals surface area (Å²) in [6.07, 6.45) is 0.462. The fraction of sp³-hybridized carbons (Fsp3) is 0.344. The van der Waals surface area contributed by atoms with E-state index in [4.69, 9.17) is 0 Å². The second-order valence-corrected chi connectivity index (χ2v) is 11.3. The van der Waals surface area contributed by atoms with Crippen LogP contribution in [-0.4, -0.2) is 45.3 Å². The molecule has 1 aliphatic heterocycles. The smallest absolute Gasteiger partial charge is 0.243 e. The summed E-state index contributed by atoms with van der Waals surface area (Å²) in [4.78, 5) is 28.4. The highest BCUT2D eigenvalue weighted by Gasteiger charge is 2.42. The number of likely N-dealkylation sites (tertiary alicyclic amines) is 1. The van der Waals surface area contributed by atoms with Gasteiger partial charge < -0.3 is 10.2 Å². The van der Waals surface area contributed by atoms with E-state index in [1.54, 1.807) is 10.7 Å². The number of halogens is 2. The first-order valence-corrected chi connectivity index (χ1v) is 13.7. The van der Waals surface area contributed by atoms with Crippen LogP contribution in [0.15, 0.2) is 72.8 Å². The summed E-state index contributed by atoms with van der Waals surface area (Å²) in [6.45, 7) is 1.90. The first-order valence-electron chi connectivity index (χ1n) is 13.7. The molecule has 1 saturated carbocycles. The lowest BCUT2D eigenvalue weighted by Crippen LogP contribution is -2.47. The van der Waals surface area contributed by atoms with E-state index in [0.717, 1.165) is 29.3 Å². The molecule has 2 amide bonds. The summed E-state index contributed by atoms with van der Waals surface area (Å²) in [5.41, 5.74) is 3.40. The van der Waals surface area contributed by atoms with Crippen molar-refractivity contribution in [3.8, 4) is 0 Å². The number of aromatic nitrogens is 2. The SMILES string of the molecule is Cn1nc(CC(=O)N2C[C@H](F)C[C@H]2C(=O)N[C@@H](c2ccccc2)c2ccc(C3(C)CC3)c(F)c2)c2ccccc21. The molecule has 1 aromatic heterocycles. The number of benzene rings is 3. The van der Waals surface area contributed by atoms with E-state index in [-0.39, 0.29) is 36.5 Å². The zero-order chi connectivity index (χ0) is 28.0. The summed E-state index contributed by atoms with van der Waals surface area (Å²) in [7, 11) is 1.81. The van der Waals surface area contributed by atoms with Crippen LogP contribution in [0, 0.1) is 5.82 Å². The van der Waals surface area contributed by atoms with Gasteiger partial charge in [0.1, 0.15) is 18.0 Å². The van der Waals surface area contributed by atoms with Gasteiger partial charge in [0, 0.05) is 18.9 Å². The number of hydrogen-bond acceptors (Lipinski definition) is 3. The van der Waals surface area contributed by atoms with Gasteiger partial charge in [0.15, 0.2) is 0 Å². The maximum absolute atomic E-state index is 15.2. The minimum atomic E-state index is -1.31. The number of nitrogens with zero attached hydrogens (tertiary/aromatic N) is 3. The van der Waals surface area contributed by atoms with Crippen molar-refractivity contribution in [3.63, 3.8) is 0 Å². The summed E-state index contributed by atoms with van der Waals surface area (Å²) in [5.74, 6) is -1.11. The standard InChI is InChI=1S/C32H32F2N4O2/c1-32(14-15-32)24-13-12-21(16-25(24)34)30(20-8-4-3-5-9-20)35-31(40)28-17-22(33)19-38(28)29(39)18-26-23-10-6-7-11-27(23)37(2)36-26/h3-13,16,22,28,30H,14-15,17-19H2,1-2H3,(H,35,40)/t22-,28+,30+/m1/s1. The lowest BCUT2D eigenvalue weighted by Gasteiger charge is -2.27. The van der Waals surface area contributed by atoms with Crippen LogP contribution in [0.1, 0.15) is 54.6 Å². The topological polar surface area (TPSA) is 67.2 Å². The Balaban J connectivity index is 1.25. The predicted molar refractivity (Wildman–Crippen MR) is 149 cm³/mol. The zero-order valence-corrected chi connectivity index (χ0v) is 22.6. The molecule has 1 N–H and O–H groups in total. The van der Waals surface area contributed by atoms with Crippen LogP contribution in [0.4, 0.5) is 8.78 Å². The minimum absolute atomic E-state index is 0.0363. The van der Waals surface area contributed by atoms with Crippen LogP contribution in [-0.2, 0) is 28.5 Å².